The molecule has 0 bridgehead atoms. The molecule has 0 atom stereocenters. The van der Waals surface area contributed by atoms with Gasteiger partial charge < -0.3 is 15.0 Å². The highest BCUT2D eigenvalue weighted by molar-refractivity contribution is 6.34. The predicted molar refractivity (Wildman–Crippen MR) is 74.4 cm³/mol. The van der Waals surface area contributed by atoms with E-state index < -0.39 is 4.92 Å². The van der Waals surface area contributed by atoms with Crippen LogP contribution in [0.15, 0.2) is 12.1 Å². The highest BCUT2D eigenvalue weighted by atomic mass is 35.5. The van der Waals surface area contributed by atoms with Crippen molar-refractivity contribution in [3.05, 3.63) is 32.8 Å². The van der Waals surface area contributed by atoms with Crippen LogP contribution in [0.25, 0.3) is 0 Å². The molecular formula is C12H14ClN3O4. The molecule has 0 unspecified atom stereocenters. The Balaban J connectivity index is 2.36. The van der Waals surface area contributed by atoms with Gasteiger partial charge in [-0.05, 0) is 6.07 Å². The number of rotatable bonds is 3. The summed E-state index contributed by atoms with van der Waals surface area (Å²) in [6.07, 6.45) is 0. The Labute approximate surface area is 120 Å². The lowest BCUT2D eigenvalue weighted by Crippen LogP contribution is -2.40. The highest BCUT2D eigenvalue weighted by Crippen LogP contribution is 2.33. The monoisotopic (exact) mass is 299 g/mol. The van der Waals surface area contributed by atoms with Crippen LogP contribution in [0, 0.1) is 10.1 Å². The van der Waals surface area contributed by atoms with Gasteiger partial charge in [-0.2, -0.15) is 0 Å². The number of hydrogen-bond acceptors (Lipinski definition) is 5. The van der Waals surface area contributed by atoms with E-state index in [2.05, 4.69) is 5.32 Å². The van der Waals surface area contributed by atoms with Crippen LogP contribution in [-0.4, -0.2) is 49.1 Å². The van der Waals surface area contributed by atoms with Crippen LogP contribution in [0.2, 0.25) is 5.02 Å². The number of ether oxygens (including phenoxy) is 1. The first kappa shape index (κ1) is 14.5. The normalized spacial score (nSPS) is 15.0. The van der Waals surface area contributed by atoms with Gasteiger partial charge in [0.1, 0.15) is 5.69 Å². The standard InChI is InChI=1S/C12H14ClN3O4/c1-14-11-9(13)6-8(7-10(11)16(18)19)12(17)15-2-4-20-5-3-15/h6-7,14H,2-5H2,1H3. The van der Waals surface area contributed by atoms with Crippen LogP contribution in [0.1, 0.15) is 10.4 Å². The lowest BCUT2D eigenvalue weighted by atomic mass is 10.1. The molecule has 108 valence electrons. The number of benzene rings is 1. The first-order chi connectivity index (χ1) is 9.54. The first-order valence-electron chi connectivity index (χ1n) is 6.07. The van der Waals surface area contributed by atoms with E-state index in [-0.39, 0.29) is 27.9 Å². The second kappa shape index (κ2) is 6.06. The summed E-state index contributed by atoms with van der Waals surface area (Å²) in [7, 11) is 1.54. The van der Waals surface area contributed by atoms with Gasteiger partial charge in [-0.15, -0.1) is 0 Å². The molecule has 1 N–H and O–H groups in total. The zero-order valence-electron chi connectivity index (χ0n) is 10.9. The number of nitrogens with zero attached hydrogens (tertiary/aromatic N) is 2. The summed E-state index contributed by atoms with van der Waals surface area (Å²) in [5.41, 5.74) is 0.203. The van der Waals surface area contributed by atoms with E-state index in [1.54, 1.807) is 4.90 Å². The van der Waals surface area contributed by atoms with Crippen molar-refractivity contribution in [2.24, 2.45) is 0 Å². The molecule has 1 aliphatic heterocycles. The number of nitro groups is 1. The first-order valence-corrected chi connectivity index (χ1v) is 6.45. The van der Waals surface area contributed by atoms with Crippen molar-refractivity contribution in [3.63, 3.8) is 0 Å². The number of hydrogen-bond donors (Lipinski definition) is 1. The molecule has 1 aromatic rings. The zero-order valence-corrected chi connectivity index (χ0v) is 11.6. The molecule has 20 heavy (non-hydrogen) atoms. The Morgan fingerprint density at radius 3 is 2.65 bits per heavy atom. The van der Waals surface area contributed by atoms with E-state index in [0.717, 1.165) is 0 Å². The number of carbonyl (C=O) groups is 1. The van der Waals surface area contributed by atoms with E-state index >= 15 is 0 Å². The highest BCUT2D eigenvalue weighted by Gasteiger charge is 2.24. The molecule has 2 rings (SSSR count). The Morgan fingerprint density at radius 2 is 2.10 bits per heavy atom. The fraction of sp³-hybridized carbons (Fsp3) is 0.417. The van der Waals surface area contributed by atoms with E-state index in [1.807, 2.05) is 0 Å². The molecule has 1 heterocycles. The maximum absolute atomic E-state index is 12.3. The quantitative estimate of drug-likeness (QED) is 0.679. The molecule has 0 aromatic heterocycles. The molecule has 0 aliphatic carbocycles. The second-order valence-electron chi connectivity index (χ2n) is 4.26. The molecule has 0 spiro atoms. The third kappa shape index (κ3) is 2.83. The Kier molecular flexibility index (Phi) is 4.41. The van der Waals surface area contributed by atoms with Crippen molar-refractivity contribution in [1.29, 1.82) is 0 Å². The van der Waals surface area contributed by atoms with Crippen molar-refractivity contribution in [2.45, 2.75) is 0 Å². The van der Waals surface area contributed by atoms with Crippen LogP contribution in [0.4, 0.5) is 11.4 Å². The Bertz CT molecular complexity index is 544. The van der Waals surface area contributed by atoms with Crippen molar-refractivity contribution >= 4 is 28.9 Å². The molecule has 1 saturated heterocycles. The van der Waals surface area contributed by atoms with Gasteiger partial charge in [0.2, 0.25) is 0 Å². The van der Waals surface area contributed by atoms with Crippen LogP contribution in [0.3, 0.4) is 0 Å². The van der Waals surface area contributed by atoms with Gasteiger partial charge in [-0.1, -0.05) is 11.6 Å². The Hall–Kier alpha value is -1.86. The summed E-state index contributed by atoms with van der Waals surface area (Å²) in [4.78, 5) is 24.4. The fourth-order valence-corrected chi connectivity index (χ4v) is 2.36. The van der Waals surface area contributed by atoms with Crippen LogP contribution in [0.5, 0.6) is 0 Å². The number of morpholine rings is 1. The van der Waals surface area contributed by atoms with Gasteiger partial charge in [0.25, 0.3) is 11.6 Å². The number of nitro benzene ring substituents is 1. The van der Waals surface area contributed by atoms with Gasteiger partial charge in [0.05, 0.1) is 23.2 Å². The molecule has 0 saturated carbocycles. The van der Waals surface area contributed by atoms with Crippen molar-refractivity contribution in [1.82, 2.24) is 4.90 Å². The smallest absolute Gasteiger partial charge is 0.294 e. The number of carbonyl (C=O) groups excluding carboxylic acids is 1. The Morgan fingerprint density at radius 1 is 1.45 bits per heavy atom. The molecular weight excluding hydrogens is 286 g/mol. The van der Waals surface area contributed by atoms with Gasteiger partial charge in [0, 0.05) is 31.8 Å². The van der Waals surface area contributed by atoms with Crippen molar-refractivity contribution in [3.8, 4) is 0 Å². The second-order valence-corrected chi connectivity index (χ2v) is 4.67. The van der Waals surface area contributed by atoms with E-state index in [9.17, 15) is 14.9 Å². The number of anilines is 1. The average molecular weight is 300 g/mol. The number of amides is 1. The zero-order chi connectivity index (χ0) is 14.7. The van der Waals surface area contributed by atoms with E-state index in [1.165, 1.54) is 19.2 Å². The SMILES string of the molecule is CNc1c(Cl)cc(C(=O)N2CCOCC2)cc1[N+](=O)[O-]. The van der Waals surface area contributed by atoms with Gasteiger partial charge in [-0.3, -0.25) is 14.9 Å². The average Bonchev–Trinajstić information content (AvgIpc) is 2.46. The van der Waals surface area contributed by atoms with Crippen LogP contribution < -0.4 is 5.32 Å². The molecule has 1 amide bonds. The molecule has 0 radical (unpaired) electrons. The lowest BCUT2D eigenvalue weighted by Gasteiger charge is -2.27. The summed E-state index contributed by atoms with van der Waals surface area (Å²) >= 11 is 6.00. The fourth-order valence-electron chi connectivity index (χ4n) is 2.06. The molecule has 1 aromatic carbocycles. The summed E-state index contributed by atoms with van der Waals surface area (Å²) in [6.45, 7) is 1.88. The third-order valence-corrected chi connectivity index (χ3v) is 3.36. The van der Waals surface area contributed by atoms with Crippen LogP contribution >= 0.6 is 11.6 Å². The molecule has 8 heteroatoms. The van der Waals surface area contributed by atoms with E-state index in [0.29, 0.717) is 26.3 Å². The number of nitrogens with one attached hydrogen (secondary N) is 1. The summed E-state index contributed by atoms with van der Waals surface area (Å²) < 4.78 is 5.17. The van der Waals surface area contributed by atoms with Gasteiger partial charge in [-0.25, -0.2) is 0 Å². The third-order valence-electron chi connectivity index (χ3n) is 3.06. The van der Waals surface area contributed by atoms with Crippen LogP contribution in [-0.2, 0) is 4.74 Å². The van der Waals surface area contributed by atoms with Crippen molar-refractivity contribution < 1.29 is 14.5 Å². The largest absolute Gasteiger partial charge is 0.381 e. The summed E-state index contributed by atoms with van der Waals surface area (Å²) in [5, 5.41) is 13.9. The summed E-state index contributed by atoms with van der Waals surface area (Å²) in [6, 6.07) is 2.69. The van der Waals surface area contributed by atoms with Crippen molar-refractivity contribution in [2.75, 3.05) is 38.7 Å². The number of halogens is 1. The minimum atomic E-state index is -0.562. The minimum Gasteiger partial charge on any atom is -0.381 e. The topological polar surface area (TPSA) is 84.7 Å². The molecule has 7 nitrogen and oxygen atoms in total. The minimum absolute atomic E-state index is 0.151. The van der Waals surface area contributed by atoms with Gasteiger partial charge >= 0.3 is 0 Å². The maximum Gasteiger partial charge on any atom is 0.294 e. The molecule has 1 fully saturated rings. The summed E-state index contributed by atoms with van der Waals surface area (Å²) in [5.74, 6) is -0.277. The lowest BCUT2D eigenvalue weighted by molar-refractivity contribution is -0.384. The molecule has 1 aliphatic rings. The maximum atomic E-state index is 12.3. The van der Waals surface area contributed by atoms with Gasteiger partial charge in [0.15, 0.2) is 0 Å². The predicted octanol–water partition coefficient (Wildman–Crippen LogP) is 1.76. The van der Waals surface area contributed by atoms with E-state index in [4.69, 9.17) is 16.3 Å².